The van der Waals surface area contributed by atoms with Crippen LogP contribution in [-0.4, -0.2) is 64.0 Å². The zero-order valence-electron chi connectivity index (χ0n) is 11.6. The van der Waals surface area contributed by atoms with E-state index in [-0.39, 0.29) is 12.6 Å². The predicted octanol–water partition coefficient (Wildman–Crippen LogP) is 0.496. The van der Waals surface area contributed by atoms with E-state index in [2.05, 4.69) is 9.46 Å². The minimum atomic E-state index is -4.47. The molecule has 1 unspecified atom stereocenters. The summed E-state index contributed by atoms with van der Waals surface area (Å²) >= 11 is 0. The molecule has 10 heteroatoms. The van der Waals surface area contributed by atoms with E-state index < -0.39 is 35.3 Å². The summed E-state index contributed by atoms with van der Waals surface area (Å²) in [6, 6.07) is -0.351. The number of likely N-dealkylation sites (tertiary alicyclic amines) is 1. The molecule has 1 atom stereocenters. The largest absolute Gasteiger partial charge is 0.411 e. The standard InChI is InChI=1S/C11H19F3N2O4S/c1-21(18,19)15-6-9-4-2-3-5-16(9)10(17)7-20-8-11(12,13)14/h9,15H,2-8H2,1H3. The Morgan fingerprint density at radius 2 is 2.05 bits per heavy atom. The van der Waals surface area contributed by atoms with Gasteiger partial charge in [0, 0.05) is 19.1 Å². The van der Waals surface area contributed by atoms with Gasteiger partial charge in [-0.05, 0) is 19.3 Å². The van der Waals surface area contributed by atoms with E-state index in [1.807, 2.05) is 0 Å². The number of piperidine rings is 1. The smallest absolute Gasteiger partial charge is 0.362 e. The fourth-order valence-electron chi connectivity index (χ4n) is 2.13. The number of alkyl halides is 3. The maximum atomic E-state index is 12.0. The van der Waals surface area contributed by atoms with Crippen molar-refractivity contribution in [3.63, 3.8) is 0 Å². The lowest BCUT2D eigenvalue weighted by Crippen LogP contribution is -2.50. The number of sulfonamides is 1. The first-order valence-electron chi connectivity index (χ1n) is 6.47. The second-order valence-electron chi connectivity index (χ2n) is 4.97. The highest BCUT2D eigenvalue weighted by molar-refractivity contribution is 7.88. The first-order chi connectivity index (χ1) is 9.58. The van der Waals surface area contributed by atoms with Crippen LogP contribution in [0.3, 0.4) is 0 Å². The Bertz CT molecular complexity index is 453. The minimum Gasteiger partial charge on any atom is -0.362 e. The molecule has 1 aliphatic rings. The molecule has 0 aliphatic carbocycles. The molecule has 0 aromatic carbocycles. The van der Waals surface area contributed by atoms with Gasteiger partial charge in [0.1, 0.15) is 13.2 Å². The van der Waals surface area contributed by atoms with Crippen LogP contribution in [0.5, 0.6) is 0 Å². The fourth-order valence-corrected chi connectivity index (χ4v) is 2.62. The van der Waals surface area contributed by atoms with Gasteiger partial charge in [-0.25, -0.2) is 13.1 Å². The molecule has 21 heavy (non-hydrogen) atoms. The molecule has 1 N–H and O–H groups in total. The summed E-state index contributed by atoms with van der Waals surface area (Å²) in [5.74, 6) is -0.556. The van der Waals surface area contributed by atoms with E-state index in [0.717, 1.165) is 19.1 Å². The van der Waals surface area contributed by atoms with Gasteiger partial charge < -0.3 is 9.64 Å². The van der Waals surface area contributed by atoms with E-state index in [0.29, 0.717) is 13.0 Å². The van der Waals surface area contributed by atoms with Crippen molar-refractivity contribution >= 4 is 15.9 Å². The van der Waals surface area contributed by atoms with Crippen molar-refractivity contribution < 1.29 is 31.1 Å². The van der Waals surface area contributed by atoms with Gasteiger partial charge in [-0.2, -0.15) is 13.2 Å². The Morgan fingerprint density at radius 1 is 1.38 bits per heavy atom. The highest BCUT2D eigenvalue weighted by Gasteiger charge is 2.30. The summed E-state index contributed by atoms with van der Waals surface area (Å²) in [6.45, 7) is -1.68. The molecule has 1 fully saturated rings. The number of halogens is 3. The number of nitrogens with zero attached hydrogens (tertiary/aromatic N) is 1. The molecule has 0 aromatic heterocycles. The van der Waals surface area contributed by atoms with Gasteiger partial charge in [-0.15, -0.1) is 0 Å². The molecule has 1 rings (SSSR count). The number of amides is 1. The van der Waals surface area contributed by atoms with Gasteiger partial charge in [0.25, 0.3) is 0 Å². The van der Waals surface area contributed by atoms with Crippen LogP contribution in [0.15, 0.2) is 0 Å². The number of nitrogens with one attached hydrogen (secondary N) is 1. The molecule has 0 aromatic rings. The van der Waals surface area contributed by atoms with Crippen molar-refractivity contribution in [3.05, 3.63) is 0 Å². The van der Waals surface area contributed by atoms with Crippen molar-refractivity contribution in [2.45, 2.75) is 31.5 Å². The van der Waals surface area contributed by atoms with Gasteiger partial charge in [-0.1, -0.05) is 0 Å². The maximum absolute atomic E-state index is 12.0. The molecule has 0 bridgehead atoms. The molecule has 1 amide bonds. The highest BCUT2D eigenvalue weighted by Crippen LogP contribution is 2.18. The van der Waals surface area contributed by atoms with Crippen LogP contribution in [-0.2, 0) is 19.6 Å². The molecular weight excluding hydrogens is 313 g/mol. The minimum absolute atomic E-state index is 0.0594. The number of ether oxygens (including phenoxy) is 1. The number of rotatable bonds is 6. The zero-order valence-corrected chi connectivity index (χ0v) is 12.5. The molecule has 6 nitrogen and oxygen atoms in total. The maximum Gasteiger partial charge on any atom is 0.411 e. The molecule has 1 saturated heterocycles. The van der Waals surface area contributed by atoms with Crippen molar-refractivity contribution in [1.82, 2.24) is 9.62 Å². The molecule has 1 heterocycles. The van der Waals surface area contributed by atoms with Crippen LogP contribution in [0.2, 0.25) is 0 Å². The first-order valence-corrected chi connectivity index (χ1v) is 8.36. The SMILES string of the molecule is CS(=O)(=O)NCC1CCCCN1C(=O)COCC(F)(F)F. The number of hydrogen-bond acceptors (Lipinski definition) is 4. The van der Waals surface area contributed by atoms with Gasteiger partial charge in [0.15, 0.2) is 0 Å². The summed E-state index contributed by atoms with van der Waals surface area (Å²) in [6.07, 6.45) is -1.29. The summed E-state index contributed by atoms with van der Waals surface area (Å²) in [4.78, 5) is 13.3. The van der Waals surface area contributed by atoms with Crippen LogP contribution in [0.4, 0.5) is 13.2 Å². The monoisotopic (exact) mass is 332 g/mol. The average molecular weight is 332 g/mol. The van der Waals surface area contributed by atoms with Crippen molar-refractivity contribution in [1.29, 1.82) is 0 Å². The van der Waals surface area contributed by atoms with Crippen LogP contribution >= 0.6 is 0 Å². The Kier molecular flexibility index (Phi) is 6.41. The third kappa shape index (κ3) is 7.63. The van der Waals surface area contributed by atoms with E-state index in [1.54, 1.807) is 0 Å². The molecule has 0 radical (unpaired) electrons. The summed E-state index contributed by atoms with van der Waals surface area (Å²) in [5, 5.41) is 0. The van der Waals surface area contributed by atoms with Gasteiger partial charge in [-0.3, -0.25) is 4.79 Å². The molecular formula is C11H19F3N2O4S. The first kappa shape index (κ1) is 18.2. The van der Waals surface area contributed by atoms with Gasteiger partial charge in [0.2, 0.25) is 15.9 Å². The Morgan fingerprint density at radius 3 is 2.62 bits per heavy atom. The third-order valence-electron chi connectivity index (χ3n) is 3.02. The Labute approximate surface area is 121 Å². The Balaban J connectivity index is 2.49. The number of hydrogen-bond donors (Lipinski definition) is 1. The van der Waals surface area contributed by atoms with Crippen LogP contribution in [0.25, 0.3) is 0 Å². The lowest BCUT2D eigenvalue weighted by molar-refractivity contribution is -0.178. The van der Waals surface area contributed by atoms with E-state index >= 15 is 0 Å². The number of carbonyl (C=O) groups is 1. The highest BCUT2D eigenvalue weighted by atomic mass is 32.2. The third-order valence-corrected chi connectivity index (χ3v) is 3.71. The van der Waals surface area contributed by atoms with Crippen molar-refractivity contribution in [2.75, 3.05) is 32.6 Å². The van der Waals surface area contributed by atoms with Gasteiger partial charge in [0.05, 0.1) is 6.26 Å². The second-order valence-corrected chi connectivity index (χ2v) is 6.80. The van der Waals surface area contributed by atoms with Crippen molar-refractivity contribution in [2.24, 2.45) is 0 Å². The zero-order chi connectivity index (χ0) is 16.1. The second kappa shape index (κ2) is 7.41. The van der Waals surface area contributed by atoms with Crippen LogP contribution < -0.4 is 4.72 Å². The van der Waals surface area contributed by atoms with Crippen LogP contribution in [0, 0.1) is 0 Å². The quantitative estimate of drug-likeness (QED) is 0.768. The topological polar surface area (TPSA) is 75.7 Å². The predicted molar refractivity (Wildman–Crippen MR) is 69.1 cm³/mol. The van der Waals surface area contributed by atoms with Crippen LogP contribution in [0.1, 0.15) is 19.3 Å². The normalized spacial score (nSPS) is 20.6. The van der Waals surface area contributed by atoms with Crippen molar-refractivity contribution in [3.8, 4) is 0 Å². The lowest BCUT2D eigenvalue weighted by Gasteiger charge is -2.35. The molecule has 124 valence electrons. The fraction of sp³-hybridized carbons (Fsp3) is 0.909. The summed E-state index contributed by atoms with van der Waals surface area (Å²) in [5.41, 5.74) is 0. The molecule has 0 saturated carbocycles. The van der Waals surface area contributed by atoms with E-state index in [9.17, 15) is 26.4 Å². The van der Waals surface area contributed by atoms with E-state index in [1.165, 1.54) is 4.90 Å². The average Bonchev–Trinajstić information content (AvgIpc) is 2.34. The molecule has 0 spiro atoms. The Hall–Kier alpha value is -0.870. The number of carbonyl (C=O) groups excluding carboxylic acids is 1. The molecule has 1 aliphatic heterocycles. The summed E-state index contributed by atoms with van der Waals surface area (Å²) < 4.78 is 64.7. The van der Waals surface area contributed by atoms with Gasteiger partial charge >= 0.3 is 6.18 Å². The lowest BCUT2D eigenvalue weighted by atomic mass is 10.0. The van der Waals surface area contributed by atoms with E-state index in [4.69, 9.17) is 0 Å². The summed E-state index contributed by atoms with van der Waals surface area (Å²) in [7, 11) is -3.38.